The van der Waals surface area contributed by atoms with E-state index in [2.05, 4.69) is 15.9 Å². The summed E-state index contributed by atoms with van der Waals surface area (Å²) in [6.45, 7) is 4.54. The molecule has 1 rings (SSSR count). The van der Waals surface area contributed by atoms with Gasteiger partial charge >= 0.3 is 0 Å². The lowest BCUT2D eigenvalue weighted by molar-refractivity contribution is 0.142. The fraction of sp³-hybridized carbons (Fsp3) is 0.500. The van der Waals surface area contributed by atoms with Crippen LogP contribution < -0.4 is 11.5 Å². The molecule has 1 aromatic rings. The van der Waals surface area contributed by atoms with Crippen molar-refractivity contribution in [3.05, 3.63) is 33.3 Å². The fourth-order valence-corrected chi connectivity index (χ4v) is 2.30. The SMILES string of the molecule is Cc1cc(Br)c(C(O)C(N)CCN)cc1C. The van der Waals surface area contributed by atoms with Crippen LogP contribution in [0.5, 0.6) is 0 Å². The standard InChI is InChI=1S/C12H19BrN2O/c1-7-5-9(10(13)6-8(7)2)12(16)11(15)3-4-14/h5-6,11-12,16H,3-4,14-15H2,1-2H3. The average Bonchev–Trinajstić information content (AvgIpc) is 2.23. The predicted octanol–water partition coefficient (Wildman–Crippen LogP) is 1.78. The lowest BCUT2D eigenvalue weighted by atomic mass is 9.97. The van der Waals surface area contributed by atoms with Crippen molar-refractivity contribution in [2.24, 2.45) is 11.5 Å². The van der Waals surface area contributed by atoms with Crippen molar-refractivity contribution in [1.29, 1.82) is 0 Å². The Labute approximate surface area is 105 Å². The molecule has 90 valence electrons. The number of hydrogen-bond donors (Lipinski definition) is 3. The molecule has 4 heteroatoms. The Morgan fingerprint density at radius 3 is 2.44 bits per heavy atom. The van der Waals surface area contributed by atoms with Crippen molar-refractivity contribution in [2.45, 2.75) is 32.4 Å². The topological polar surface area (TPSA) is 72.3 Å². The summed E-state index contributed by atoms with van der Waals surface area (Å²) in [5.74, 6) is 0. The van der Waals surface area contributed by atoms with E-state index < -0.39 is 6.10 Å². The minimum Gasteiger partial charge on any atom is -0.387 e. The van der Waals surface area contributed by atoms with Crippen LogP contribution in [-0.4, -0.2) is 17.7 Å². The van der Waals surface area contributed by atoms with Gasteiger partial charge in [0.25, 0.3) is 0 Å². The first-order valence-electron chi connectivity index (χ1n) is 5.37. The molecule has 1 aromatic carbocycles. The first-order valence-corrected chi connectivity index (χ1v) is 6.17. The number of rotatable bonds is 4. The molecule has 0 bridgehead atoms. The molecule has 0 aliphatic heterocycles. The first-order chi connectivity index (χ1) is 7.47. The van der Waals surface area contributed by atoms with E-state index in [1.807, 2.05) is 26.0 Å². The molecule has 0 aliphatic rings. The second-order valence-electron chi connectivity index (χ2n) is 4.14. The van der Waals surface area contributed by atoms with Gasteiger partial charge in [0.05, 0.1) is 6.10 Å². The second-order valence-corrected chi connectivity index (χ2v) is 5.00. The smallest absolute Gasteiger partial charge is 0.0952 e. The zero-order chi connectivity index (χ0) is 12.3. The van der Waals surface area contributed by atoms with Crippen molar-refractivity contribution in [3.8, 4) is 0 Å². The predicted molar refractivity (Wildman–Crippen MR) is 70.2 cm³/mol. The molecule has 0 spiro atoms. The summed E-state index contributed by atoms with van der Waals surface area (Å²) < 4.78 is 0.899. The highest BCUT2D eigenvalue weighted by Gasteiger charge is 2.19. The van der Waals surface area contributed by atoms with E-state index in [-0.39, 0.29) is 6.04 Å². The maximum absolute atomic E-state index is 10.1. The highest BCUT2D eigenvalue weighted by atomic mass is 79.9. The number of nitrogens with two attached hydrogens (primary N) is 2. The largest absolute Gasteiger partial charge is 0.387 e. The molecule has 0 fully saturated rings. The molecule has 2 unspecified atom stereocenters. The molecule has 5 N–H and O–H groups in total. The Kier molecular flexibility index (Phi) is 4.92. The highest BCUT2D eigenvalue weighted by Crippen LogP contribution is 2.28. The zero-order valence-electron chi connectivity index (χ0n) is 9.70. The molecule has 0 heterocycles. The summed E-state index contributed by atoms with van der Waals surface area (Å²) in [6, 6.07) is 3.66. The van der Waals surface area contributed by atoms with Crippen molar-refractivity contribution in [2.75, 3.05) is 6.54 Å². The van der Waals surface area contributed by atoms with Crippen LogP contribution in [-0.2, 0) is 0 Å². The van der Waals surface area contributed by atoms with Crippen LogP contribution in [0, 0.1) is 13.8 Å². The third kappa shape index (κ3) is 3.04. The van der Waals surface area contributed by atoms with Gasteiger partial charge in [-0.25, -0.2) is 0 Å². The quantitative estimate of drug-likeness (QED) is 0.790. The Balaban J connectivity index is 2.99. The van der Waals surface area contributed by atoms with Crippen LogP contribution in [0.2, 0.25) is 0 Å². The molecule has 0 amide bonds. The van der Waals surface area contributed by atoms with E-state index in [0.29, 0.717) is 13.0 Å². The van der Waals surface area contributed by atoms with Gasteiger partial charge in [-0.05, 0) is 49.6 Å². The number of aryl methyl sites for hydroxylation is 2. The molecule has 0 radical (unpaired) electrons. The molecule has 0 aromatic heterocycles. The van der Waals surface area contributed by atoms with E-state index in [0.717, 1.165) is 15.6 Å². The van der Waals surface area contributed by atoms with Gasteiger partial charge in [-0.1, -0.05) is 22.0 Å². The van der Waals surface area contributed by atoms with Crippen molar-refractivity contribution in [1.82, 2.24) is 0 Å². The monoisotopic (exact) mass is 286 g/mol. The van der Waals surface area contributed by atoms with Gasteiger partial charge in [-0.2, -0.15) is 0 Å². The van der Waals surface area contributed by atoms with Crippen LogP contribution in [0.15, 0.2) is 16.6 Å². The summed E-state index contributed by atoms with van der Waals surface area (Å²) in [4.78, 5) is 0. The first kappa shape index (κ1) is 13.6. The summed E-state index contributed by atoms with van der Waals surface area (Å²) in [5, 5.41) is 10.1. The molecule has 16 heavy (non-hydrogen) atoms. The molecule has 2 atom stereocenters. The van der Waals surface area contributed by atoms with Gasteiger partial charge in [-0.15, -0.1) is 0 Å². The number of hydrogen-bond acceptors (Lipinski definition) is 3. The lowest BCUT2D eigenvalue weighted by Crippen LogP contribution is -2.31. The summed E-state index contributed by atoms with van der Waals surface area (Å²) in [7, 11) is 0. The van der Waals surface area contributed by atoms with E-state index in [1.54, 1.807) is 0 Å². The van der Waals surface area contributed by atoms with Gasteiger partial charge in [0, 0.05) is 10.5 Å². The number of aliphatic hydroxyl groups is 1. The van der Waals surface area contributed by atoms with Gasteiger partial charge in [0.1, 0.15) is 0 Å². The van der Waals surface area contributed by atoms with Crippen LogP contribution >= 0.6 is 15.9 Å². The number of halogens is 1. The summed E-state index contributed by atoms with van der Waals surface area (Å²) in [6.07, 6.45) is -0.0576. The second kappa shape index (κ2) is 5.77. The summed E-state index contributed by atoms with van der Waals surface area (Å²) >= 11 is 3.45. The van der Waals surface area contributed by atoms with Crippen LogP contribution in [0.1, 0.15) is 29.2 Å². The van der Waals surface area contributed by atoms with Crippen molar-refractivity contribution >= 4 is 15.9 Å². The van der Waals surface area contributed by atoms with Crippen LogP contribution in [0.3, 0.4) is 0 Å². The normalized spacial score (nSPS) is 14.9. The van der Waals surface area contributed by atoms with Crippen LogP contribution in [0.25, 0.3) is 0 Å². The molecular formula is C12H19BrN2O. The Hall–Kier alpha value is -0.420. The zero-order valence-corrected chi connectivity index (χ0v) is 11.3. The minimum absolute atomic E-state index is 0.316. The third-order valence-corrected chi connectivity index (χ3v) is 3.52. The van der Waals surface area contributed by atoms with Gasteiger partial charge < -0.3 is 16.6 Å². The minimum atomic E-state index is -0.669. The van der Waals surface area contributed by atoms with Crippen molar-refractivity contribution in [3.63, 3.8) is 0 Å². The third-order valence-electron chi connectivity index (χ3n) is 2.84. The van der Waals surface area contributed by atoms with Gasteiger partial charge in [0.2, 0.25) is 0 Å². The van der Waals surface area contributed by atoms with Gasteiger partial charge in [-0.3, -0.25) is 0 Å². The summed E-state index contributed by atoms with van der Waals surface area (Å²) in [5.41, 5.74) is 14.5. The van der Waals surface area contributed by atoms with Crippen molar-refractivity contribution < 1.29 is 5.11 Å². The molecule has 3 nitrogen and oxygen atoms in total. The average molecular weight is 287 g/mol. The number of aliphatic hydroxyl groups excluding tert-OH is 1. The van der Waals surface area contributed by atoms with E-state index in [9.17, 15) is 5.11 Å². The van der Waals surface area contributed by atoms with E-state index in [1.165, 1.54) is 5.56 Å². The van der Waals surface area contributed by atoms with E-state index in [4.69, 9.17) is 11.5 Å². The Morgan fingerprint density at radius 1 is 1.31 bits per heavy atom. The lowest BCUT2D eigenvalue weighted by Gasteiger charge is -2.20. The number of benzene rings is 1. The Morgan fingerprint density at radius 2 is 1.88 bits per heavy atom. The maximum atomic E-state index is 10.1. The molecule has 0 saturated heterocycles. The molecular weight excluding hydrogens is 268 g/mol. The molecule has 0 saturated carbocycles. The maximum Gasteiger partial charge on any atom is 0.0952 e. The van der Waals surface area contributed by atoms with Gasteiger partial charge in [0.15, 0.2) is 0 Å². The molecule has 0 aliphatic carbocycles. The Bertz CT molecular complexity index is 368. The van der Waals surface area contributed by atoms with E-state index >= 15 is 0 Å². The fourth-order valence-electron chi connectivity index (χ4n) is 1.61. The van der Waals surface area contributed by atoms with Crippen LogP contribution in [0.4, 0.5) is 0 Å². The highest BCUT2D eigenvalue weighted by molar-refractivity contribution is 9.10.